The summed E-state index contributed by atoms with van der Waals surface area (Å²) in [5, 5.41) is 4.22. The number of nitrogens with zero attached hydrogens (tertiary/aromatic N) is 1. The summed E-state index contributed by atoms with van der Waals surface area (Å²) in [5.74, 6) is -0.174. The summed E-state index contributed by atoms with van der Waals surface area (Å²) in [7, 11) is 0. The van der Waals surface area contributed by atoms with Gasteiger partial charge in [-0.1, -0.05) is 23.7 Å². The third-order valence-corrected chi connectivity index (χ3v) is 3.53. The second-order valence-corrected chi connectivity index (χ2v) is 5.27. The van der Waals surface area contributed by atoms with E-state index in [1.165, 1.54) is 11.3 Å². The van der Waals surface area contributed by atoms with E-state index in [0.29, 0.717) is 15.6 Å². The molecule has 1 heterocycles. The molecule has 1 amide bonds. The number of carbonyl (C=O) groups is 1. The van der Waals surface area contributed by atoms with Gasteiger partial charge in [0.15, 0.2) is 0 Å². The van der Waals surface area contributed by atoms with Crippen LogP contribution < -0.4 is 5.32 Å². The normalized spacial score (nSPS) is 10.3. The number of hydrogen-bond acceptors (Lipinski definition) is 3. The average molecular weight is 267 g/mol. The molecule has 2 rings (SSSR count). The molecule has 0 atom stereocenters. The highest BCUT2D eigenvalue weighted by molar-refractivity contribution is 7.13. The van der Waals surface area contributed by atoms with Crippen LogP contribution in [0.1, 0.15) is 20.2 Å². The highest BCUT2D eigenvalue weighted by atomic mass is 35.5. The van der Waals surface area contributed by atoms with Crippen molar-refractivity contribution in [3.05, 3.63) is 44.9 Å². The van der Waals surface area contributed by atoms with Gasteiger partial charge in [0.1, 0.15) is 4.88 Å². The van der Waals surface area contributed by atoms with Gasteiger partial charge in [0.2, 0.25) is 0 Å². The second-order valence-electron chi connectivity index (χ2n) is 3.63. The van der Waals surface area contributed by atoms with Crippen molar-refractivity contribution >= 4 is 34.5 Å². The van der Waals surface area contributed by atoms with E-state index in [1.807, 2.05) is 26.0 Å². The molecule has 5 heteroatoms. The Labute approximate surface area is 108 Å². The molecule has 1 aromatic carbocycles. The number of para-hydroxylation sites is 1. The van der Waals surface area contributed by atoms with Crippen LogP contribution in [0.5, 0.6) is 0 Å². The summed E-state index contributed by atoms with van der Waals surface area (Å²) in [6.45, 7) is 3.77. The Morgan fingerprint density at radius 3 is 2.76 bits per heavy atom. The minimum Gasteiger partial charge on any atom is -0.320 e. The molecule has 0 aliphatic heterocycles. The Balaban J connectivity index is 2.24. The zero-order chi connectivity index (χ0) is 12.4. The Morgan fingerprint density at radius 2 is 2.18 bits per heavy atom. The van der Waals surface area contributed by atoms with Crippen LogP contribution in [0.4, 0.5) is 5.69 Å². The van der Waals surface area contributed by atoms with E-state index in [9.17, 15) is 4.79 Å². The molecular weight excluding hydrogens is 256 g/mol. The van der Waals surface area contributed by atoms with Crippen LogP contribution >= 0.6 is 22.9 Å². The number of aromatic nitrogens is 1. The quantitative estimate of drug-likeness (QED) is 0.901. The topological polar surface area (TPSA) is 42.0 Å². The van der Waals surface area contributed by atoms with Crippen LogP contribution in [0, 0.1) is 13.8 Å². The van der Waals surface area contributed by atoms with Gasteiger partial charge in [-0.3, -0.25) is 4.79 Å². The standard InChI is InChI=1S/C12H11ClN2OS/c1-7-4-3-5-9(13)11(7)15-12(16)10-6-14-8(2)17-10/h3-6H,1-2H3,(H,15,16). The summed E-state index contributed by atoms with van der Waals surface area (Å²) in [4.78, 5) is 16.6. The van der Waals surface area contributed by atoms with Crippen molar-refractivity contribution in [3.63, 3.8) is 0 Å². The number of rotatable bonds is 2. The van der Waals surface area contributed by atoms with Gasteiger partial charge in [0.05, 0.1) is 21.9 Å². The molecular formula is C12H11ClN2OS. The first-order chi connectivity index (χ1) is 8.08. The Kier molecular flexibility index (Phi) is 3.45. The highest BCUT2D eigenvalue weighted by Gasteiger charge is 2.12. The summed E-state index contributed by atoms with van der Waals surface area (Å²) in [5.41, 5.74) is 1.59. The van der Waals surface area contributed by atoms with Crippen molar-refractivity contribution in [3.8, 4) is 0 Å². The molecule has 0 fully saturated rings. The van der Waals surface area contributed by atoms with Gasteiger partial charge in [-0.05, 0) is 25.5 Å². The minimum absolute atomic E-state index is 0.174. The van der Waals surface area contributed by atoms with E-state index in [-0.39, 0.29) is 5.91 Å². The van der Waals surface area contributed by atoms with Crippen LogP contribution in [-0.4, -0.2) is 10.9 Å². The predicted molar refractivity (Wildman–Crippen MR) is 71.0 cm³/mol. The molecule has 17 heavy (non-hydrogen) atoms. The third kappa shape index (κ3) is 2.65. The number of nitrogens with one attached hydrogen (secondary N) is 1. The van der Waals surface area contributed by atoms with Crippen molar-refractivity contribution in [1.29, 1.82) is 0 Å². The summed E-state index contributed by atoms with van der Waals surface area (Å²) in [6.07, 6.45) is 1.57. The maximum atomic E-state index is 11.9. The molecule has 1 aromatic heterocycles. The summed E-state index contributed by atoms with van der Waals surface area (Å²) in [6, 6.07) is 5.51. The predicted octanol–water partition coefficient (Wildman–Crippen LogP) is 3.67. The monoisotopic (exact) mass is 266 g/mol. The Hall–Kier alpha value is -1.39. The van der Waals surface area contributed by atoms with Gasteiger partial charge < -0.3 is 5.32 Å². The lowest BCUT2D eigenvalue weighted by Crippen LogP contribution is -2.11. The third-order valence-electron chi connectivity index (χ3n) is 2.31. The molecule has 0 saturated heterocycles. The molecule has 88 valence electrons. The van der Waals surface area contributed by atoms with Crippen LogP contribution in [0.2, 0.25) is 5.02 Å². The van der Waals surface area contributed by atoms with Gasteiger partial charge in [-0.25, -0.2) is 4.98 Å². The lowest BCUT2D eigenvalue weighted by molar-refractivity contribution is 0.103. The largest absolute Gasteiger partial charge is 0.320 e. The minimum atomic E-state index is -0.174. The fourth-order valence-electron chi connectivity index (χ4n) is 1.43. The summed E-state index contributed by atoms with van der Waals surface area (Å²) >= 11 is 7.40. The molecule has 0 aliphatic carbocycles. The van der Waals surface area contributed by atoms with Crippen molar-refractivity contribution in [2.75, 3.05) is 5.32 Å². The fraction of sp³-hybridized carbons (Fsp3) is 0.167. The maximum absolute atomic E-state index is 11.9. The molecule has 3 nitrogen and oxygen atoms in total. The fourth-order valence-corrected chi connectivity index (χ4v) is 2.37. The van der Waals surface area contributed by atoms with E-state index in [4.69, 9.17) is 11.6 Å². The number of halogens is 1. The van der Waals surface area contributed by atoms with Crippen molar-refractivity contribution < 1.29 is 4.79 Å². The summed E-state index contributed by atoms with van der Waals surface area (Å²) < 4.78 is 0. The molecule has 0 unspecified atom stereocenters. The lowest BCUT2D eigenvalue weighted by atomic mass is 10.2. The molecule has 0 bridgehead atoms. The smallest absolute Gasteiger partial charge is 0.267 e. The Morgan fingerprint density at radius 1 is 1.41 bits per heavy atom. The number of carbonyl (C=O) groups excluding carboxylic acids is 1. The number of amides is 1. The zero-order valence-electron chi connectivity index (χ0n) is 9.45. The second kappa shape index (κ2) is 4.85. The van der Waals surface area contributed by atoms with Gasteiger partial charge in [0.25, 0.3) is 5.91 Å². The number of hydrogen-bond donors (Lipinski definition) is 1. The van der Waals surface area contributed by atoms with E-state index >= 15 is 0 Å². The molecule has 0 saturated carbocycles. The zero-order valence-corrected chi connectivity index (χ0v) is 11.0. The first kappa shape index (κ1) is 12.1. The average Bonchev–Trinajstić information content (AvgIpc) is 2.70. The number of benzene rings is 1. The van der Waals surface area contributed by atoms with Crippen LogP contribution in [0.3, 0.4) is 0 Å². The van der Waals surface area contributed by atoms with Gasteiger partial charge >= 0.3 is 0 Å². The van der Waals surface area contributed by atoms with Gasteiger partial charge in [-0.2, -0.15) is 0 Å². The van der Waals surface area contributed by atoms with Crippen molar-refractivity contribution in [2.24, 2.45) is 0 Å². The van der Waals surface area contributed by atoms with Crippen LogP contribution in [0.15, 0.2) is 24.4 Å². The van der Waals surface area contributed by atoms with Crippen LogP contribution in [-0.2, 0) is 0 Å². The van der Waals surface area contributed by atoms with E-state index in [1.54, 1.807) is 12.3 Å². The van der Waals surface area contributed by atoms with Crippen molar-refractivity contribution in [2.45, 2.75) is 13.8 Å². The first-order valence-corrected chi connectivity index (χ1v) is 6.26. The van der Waals surface area contributed by atoms with E-state index < -0.39 is 0 Å². The van der Waals surface area contributed by atoms with E-state index in [0.717, 1.165) is 10.6 Å². The van der Waals surface area contributed by atoms with Crippen LogP contribution in [0.25, 0.3) is 0 Å². The number of aryl methyl sites for hydroxylation is 2. The van der Waals surface area contributed by atoms with Crippen molar-refractivity contribution in [1.82, 2.24) is 4.98 Å². The lowest BCUT2D eigenvalue weighted by Gasteiger charge is -2.08. The van der Waals surface area contributed by atoms with E-state index in [2.05, 4.69) is 10.3 Å². The number of anilines is 1. The number of thiazole rings is 1. The molecule has 0 radical (unpaired) electrons. The molecule has 1 N–H and O–H groups in total. The SMILES string of the molecule is Cc1ncc(C(=O)Nc2c(C)cccc2Cl)s1. The van der Waals surface area contributed by atoms with Gasteiger partial charge in [-0.15, -0.1) is 11.3 Å². The maximum Gasteiger partial charge on any atom is 0.267 e. The molecule has 2 aromatic rings. The highest BCUT2D eigenvalue weighted by Crippen LogP contribution is 2.26. The first-order valence-electron chi connectivity index (χ1n) is 5.07. The van der Waals surface area contributed by atoms with Gasteiger partial charge in [0, 0.05) is 0 Å². The molecule has 0 spiro atoms. The molecule has 0 aliphatic rings. The Bertz CT molecular complexity index is 545.